The van der Waals surface area contributed by atoms with Crippen LogP contribution in [0.3, 0.4) is 0 Å². The summed E-state index contributed by atoms with van der Waals surface area (Å²) in [6.07, 6.45) is 7.99. The molecule has 1 saturated heterocycles. The summed E-state index contributed by atoms with van der Waals surface area (Å²) in [5.74, 6) is 0.886. The van der Waals surface area contributed by atoms with Crippen LogP contribution >= 0.6 is 0 Å². The summed E-state index contributed by atoms with van der Waals surface area (Å²) >= 11 is 0. The smallest absolute Gasteiger partial charge is 0.245 e. The number of nitrogens with zero attached hydrogens (tertiary/aromatic N) is 1. The molecule has 1 heterocycles. The molecule has 2 amide bonds. The standard InChI is InChI=1S/C22H32N2O3/c1-3-27-19-12-10-17(11-13-19)16-24-20(25)14-15-22(24,2)21(26)23-18-8-6-4-5-7-9-18/h10-13,18H,3-9,14-16H2,1-2H3,(H,23,26). The summed E-state index contributed by atoms with van der Waals surface area (Å²) in [7, 11) is 0. The molecule has 1 N–H and O–H groups in total. The van der Waals surface area contributed by atoms with Crippen LogP contribution in [0.5, 0.6) is 5.75 Å². The van der Waals surface area contributed by atoms with E-state index in [1.54, 1.807) is 4.90 Å². The van der Waals surface area contributed by atoms with Crippen LogP contribution in [0.2, 0.25) is 0 Å². The normalized spacial score (nSPS) is 23.9. The van der Waals surface area contributed by atoms with Crippen molar-refractivity contribution < 1.29 is 14.3 Å². The van der Waals surface area contributed by atoms with Crippen molar-refractivity contribution in [3.05, 3.63) is 29.8 Å². The Hall–Kier alpha value is -2.04. The van der Waals surface area contributed by atoms with E-state index in [0.29, 0.717) is 26.0 Å². The highest BCUT2D eigenvalue weighted by atomic mass is 16.5. The first-order chi connectivity index (χ1) is 13.0. The van der Waals surface area contributed by atoms with Crippen molar-refractivity contribution in [2.24, 2.45) is 0 Å². The van der Waals surface area contributed by atoms with E-state index < -0.39 is 5.54 Å². The zero-order valence-electron chi connectivity index (χ0n) is 16.6. The lowest BCUT2D eigenvalue weighted by Crippen LogP contribution is -2.56. The zero-order chi connectivity index (χ0) is 19.3. The summed E-state index contributed by atoms with van der Waals surface area (Å²) in [5.41, 5.74) is 0.254. The van der Waals surface area contributed by atoms with Crippen molar-refractivity contribution in [3.63, 3.8) is 0 Å². The van der Waals surface area contributed by atoms with Gasteiger partial charge in [-0.25, -0.2) is 0 Å². The van der Waals surface area contributed by atoms with Crippen molar-refractivity contribution in [2.75, 3.05) is 6.61 Å². The Balaban J connectivity index is 1.68. The molecule has 5 nitrogen and oxygen atoms in total. The highest BCUT2D eigenvalue weighted by Gasteiger charge is 2.47. The molecule has 0 spiro atoms. The minimum absolute atomic E-state index is 0.00573. The van der Waals surface area contributed by atoms with Gasteiger partial charge in [-0.1, -0.05) is 37.8 Å². The van der Waals surface area contributed by atoms with E-state index in [4.69, 9.17) is 4.74 Å². The summed E-state index contributed by atoms with van der Waals surface area (Å²) in [6, 6.07) is 8.03. The number of benzene rings is 1. The highest BCUT2D eigenvalue weighted by molar-refractivity contribution is 5.94. The highest BCUT2D eigenvalue weighted by Crippen LogP contribution is 2.33. The molecule has 5 heteroatoms. The van der Waals surface area contributed by atoms with Gasteiger partial charge in [0.25, 0.3) is 0 Å². The number of hydrogen-bond donors (Lipinski definition) is 1. The van der Waals surface area contributed by atoms with Crippen molar-refractivity contribution in [2.45, 2.75) is 83.3 Å². The Kier molecular flexibility index (Phi) is 6.40. The molecule has 27 heavy (non-hydrogen) atoms. The average Bonchev–Trinajstić information content (AvgIpc) is 2.83. The largest absolute Gasteiger partial charge is 0.494 e. The molecule has 148 valence electrons. The van der Waals surface area contributed by atoms with Crippen LogP contribution < -0.4 is 10.1 Å². The summed E-state index contributed by atoms with van der Waals surface area (Å²) in [4.78, 5) is 27.4. The van der Waals surface area contributed by atoms with Crippen LogP contribution in [0.4, 0.5) is 0 Å². The maximum Gasteiger partial charge on any atom is 0.245 e. The molecule has 2 aliphatic rings. The Bertz CT molecular complexity index is 650. The second-order valence-corrected chi connectivity index (χ2v) is 7.99. The van der Waals surface area contributed by atoms with E-state index in [-0.39, 0.29) is 17.9 Å². The lowest BCUT2D eigenvalue weighted by molar-refractivity contribution is -0.141. The van der Waals surface area contributed by atoms with E-state index in [1.165, 1.54) is 25.7 Å². The van der Waals surface area contributed by atoms with Gasteiger partial charge in [0.1, 0.15) is 11.3 Å². The lowest BCUT2D eigenvalue weighted by atomic mass is 9.95. The van der Waals surface area contributed by atoms with Crippen molar-refractivity contribution in [3.8, 4) is 5.75 Å². The number of carbonyl (C=O) groups is 2. The van der Waals surface area contributed by atoms with Gasteiger partial charge in [-0.15, -0.1) is 0 Å². The Morgan fingerprint density at radius 1 is 1.19 bits per heavy atom. The van der Waals surface area contributed by atoms with Gasteiger partial charge in [-0.05, 0) is 50.8 Å². The fourth-order valence-electron chi connectivity index (χ4n) is 4.20. The third kappa shape index (κ3) is 4.63. The quantitative estimate of drug-likeness (QED) is 0.773. The van der Waals surface area contributed by atoms with Crippen molar-refractivity contribution >= 4 is 11.8 Å². The third-order valence-corrected chi connectivity index (χ3v) is 5.98. The van der Waals surface area contributed by atoms with E-state index in [0.717, 1.165) is 24.2 Å². The predicted octanol–water partition coefficient (Wildman–Crippen LogP) is 3.81. The predicted molar refractivity (Wildman–Crippen MR) is 105 cm³/mol. The first-order valence-corrected chi connectivity index (χ1v) is 10.4. The molecule has 1 aliphatic heterocycles. The van der Waals surface area contributed by atoms with E-state index in [1.807, 2.05) is 38.1 Å². The molecule has 3 rings (SSSR count). The molecule has 2 fully saturated rings. The van der Waals surface area contributed by atoms with Crippen LogP contribution in [0.1, 0.15) is 70.8 Å². The van der Waals surface area contributed by atoms with Crippen LogP contribution in [0, 0.1) is 0 Å². The maximum absolute atomic E-state index is 13.1. The Labute approximate surface area is 162 Å². The van der Waals surface area contributed by atoms with Crippen molar-refractivity contribution in [1.82, 2.24) is 10.2 Å². The van der Waals surface area contributed by atoms with Gasteiger partial charge in [0, 0.05) is 19.0 Å². The summed E-state index contributed by atoms with van der Waals surface area (Å²) < 4.78 is 5.48. The second-order valence-electron chi connectivity index (χ2n) is 7.99. The molecular weight excluding hydrogens is 340 g/mol. The zero-order valence-corrected chi connectivity index (χ0v) is 16.6. The topological polar surface area (TPSA) is 58.6 Å². The molecule has 1 atom stereocenters. The van der Waals surface area contributed by atoms with E-state index >= 15 is 0 Å². The van der Waals surface area contributed by atoms with Gasteiger partial charge >= 0.3 is 0 Å². The molecule has 0 aromatic heterocycles. The molecule has 1 unspecified atom stereocenters. The van der Waals surface area contributed by atoms with E-state index in [9.17, 15) is 9.59 Å². The minimum atomic E-state index is -0.762. The van der Waals surface area contributed by atoms with Crippen LogP contribution in [0.25, 0.3) is 0 Å². The van der Waals surface area contributed by atoms with Gasteiger partial charge in [-0.3, -0.25) is 9.59 Å². The lowest BCUT2D eigenvalue weighted by Gasteiger charge is -2.35. The van der Waals surface area contributed by atoms with Crippen LogP contribution in [0.15, 0.2) is 24.3 Å². The van der Waals surface area contributed by atoms with Crippen LogP contribution in [-0.4, -0.2) is 34.9 Å². The summed E-state index contributed by atoms with van der Waals surface area (Å²) in [6.45, 7) is 4.96. The van der Waals surface area contributed by atoms with Gasteiger partial charge < -0.3 is 15.0 Å². The van der Waals surface area contributed by atoms with E-state index in [2.05, 4.69) is 5.32 Å². The molecule has 0 radical (unpaired) electrons. The number of ether oxygens (including phenoxy) is 1. The fourth-order valence-corrected chi connectivity index (χ4v) is 4.20. The van der Waals surface area contributed by atoms with Gasteiger partial charge in [0.2, 0.25) is 11.8 Å². The average molecular weight is 373 g/mol. The number of rotatable bonds is 6. The molecule has 1 aliphatic carbocycles. The Morgan fingerprint density at radius 3 is 2.48 bits per heavy atom. The number of nitrogens with one attached hydrogen (secondary N) is 1. The SMILES string of the molecule is CCOc1ccc(CN2C(=O)CCC2(C)C(=O)NC2CCCCCC2)cc1. The number of hydrogen-bond acceptors (Lipinski definition) is 3. The molecule has 1 saturated carbocycles. The molecule has 1 aromatic carbocycles. The first-order valence-electron chi connectivity index (χ1n) is 10.4. The second kappa shape index (κ2) is 8.77. The minimum Gasteiger partial charge on any atom is -0.494 e. The van der Waals surface area contributed by atoms with Crippen molar-refractivity contribution in [1.29, 1.82) is 0 Å². The van der Waals surface area contributed by atoms with Crippen LogP contribution in [-0.2, 0) is 16.1 Å². The number of likely N-dealkylation sites (tertiary alicyclic amines) is 1. The fraction of sp³-hybridized carbons (Fsp3) is 0.636. The monoisotopic (exact) mass is 372 g/mol. The first kappa shape index (κ1) is 19.7. The Morgan fingerprint density at radius 2 is 1.85 bits per heavy atom. The summed E-state index contributed by atoms with van der Waals surface area (Å²) in [5, 5.41) is 3.25. The number of carbonyl (C=O) groups excluding carboxylic acids is 2. The number of amides is 2. The van der Waals surface area contributed by atoms with Gasteiger partial charge in [-0.2, -0.15) is 0 Å². The van der Waals surface area contributed by atoms with Gasteiger partial charge in [0.05, 0.1) is 6.61 Å². The molecule has 0 bridgehead atoms. The maximum atomic E-state index is 13.1. The molecule has 1 aromatic rings. The van der Waals surface area contributed by atoms with Gasteiger partial charge in [0.15, 0.2) is 0 Å². The molecular formula is C22H32N2O3. The third-order valence-electron chi connectivity index (χ3n) is 5.98.